The Balaban J connectivity index is 1.57. The van der Waals surface area contributed by atoms with Gasteiger partial charge < -0.3 is 11.1 Å². The number of aromatic nitrogens is 4. The van der Waals surface area contributed by atoms with Gasteiger partial charge in [0.05, 0.1) is 12.3 Å². The van der Waals surface area contributed by atoms with Crippen LogP contribution in [0.2, 0.25) is 0 Å². The Hall–Kier alpha value is -1.97. The van der Waals surface area contributed by atoms with Crippen molar-refractivity contribution < 1.29 is 10.5 Å². The van der Waals surface area contributed by atoms with Crippen LogP contribution in [-0.4, -0.2) is 38.0 Å². The van der Waals surface area contributed by atoms with Gasteiger partial charge in [0.15, 0.2) is 10.2 Å². The number of unbranched alkanes of at least 4 members (excludes halogenated alkanes) is 2. The van der Waals surface area contributed by atoms with Crippen LogP contribution in [0, 0.1) is 13.8 Å². The summed E-state index contributed by atoms with van der Waals surface area (Å²) in [6, 6.07) is 5.99. The Bertz CT molecular complexity index is 900. The highest BCUT2D eigenvalue weighted by Crippen LogP contribution is 2.26. The van der Waals surface area contributed by atoms with Gasteiger partial charge in [0.25, 0.3) is 0 Å². The van der Waals surface area contributed by atoms with Crippen molar-refractivity contribution in [3.63, 3.8) is 0 Å². The molecule has 4 N–H and O–H groups in total. The van der Waals surface area contributed by atoms with Crippen molar-refractivity contribution in [3.8, 4) is 0 Å². The minimum absolute atomic E-state index is 0.0308. The number of fused-ring (bicyclic) bond motifs is 1. The Morgan fingerprint density at radius 1 is 1.22 bits per heavy atom. The van der Waals surface area contributed by atoms with Crippen LogP contribution >= 0.6 is 23.1 Å². The number of carbonyl (C=O) groups is 1. The molecule has 9 heteroatoms. The molecule has 2 heterocycles. The number of rotatable bonds is 9. The molecule has 0 aliphatic carbocycles. The summed E-state index contributed by atoms with van der Waals surface area (Å²) in [5.41, 5.74) is 6.89. The van der Waals surface area contributed by atoms with E-state index < -0.39 is 0 Å². The Kier molecular flexibility index (Phi) is 6.81. The maximum absolute atomic E-state index is 12.3. The molecule has 0 atom stereocenters. The number of aryl methyl sites for hydroxylation is 3. The van der Waals surface area contributed by atoms with Crippen molar-refractivity contribution in [2.45, 2.75) is 43.9 Å². The highest BCUT2D eigenvalue weighted by Gasteiger charge is 2.14. The molecule has 0 saturated heterocycles. The molecule has 0 unspecified atom stereocenters. The quantitative estimate of drug-likeness (QED) is 0.421. The number of nitrogens with one attached hydrogen (secondary N) is 1. The molecular weight excluding hydrogens is 380 g/mol. The van der Waals surface area contributed by atoms with E-state index in [1.165, 1.54) is 23.1 Å². The second-order valence-corrected chi connectivity index (χ2v) is 8.62. The molecule has 0 spiro atoms. The van der Waals surface area contributed by atoms with Crippen LogP contribution in [0.5, 0.6) is 0 Å². The lowest BCUT2D eigenvalue weighted by Gasteiger charge is -2.10. The van der Waals surface area contributed by atoms with Crippen molar-refractivity contribution in [1.29, 1.82) is 0 Å². The molecule has 27 heavy (non-hydrogen) atoms. The lowest BCUT2D eigenvalue weighted by atomic mass is 10.1. The number of para-hydroxylation sites is 1. The fourth-order valence-corrected chi connectivity index (χ4v) is 4.50. The fourth-order valence-electron chi connectivity index (χ4n) is 2.81. The molecule has 1 aromatic carbocycles. The monoisotopic (exact) mass is 405 g/mol. The first-order chi connectivity index (χ1) is 13.1. The summed E-state index contributed by atoms with van der Waals surface area (Å²) in [6.07, 6.45) is 4.20. The SMILES string of the molecule is Cc1cccc(C)c1NC(=O)CSc1nn2c(CCCCC[NH3+])nnc2s1. The van der Waals surface area contributed by atoms with Crippen LogP contribution in [0.15, 0.2) is 22.5 Å². The third kappa shape index (κ3) is 5.06. The molecule has 0 radical (unpaired) electrons. The zero-order chi connectivity index (χ0) is 19.2. The number of thioether (sulfide) groups is 1. The van der Waals surface area contributed by atoms with Gasteiger partial charge in [-0.05, 0) is 44.2 Å². The van der Waals surface area contributed by atoms with Crippen LogP contribution < -0.4 is 11.1 Å². The summed E-state index contributed by atoms with van der Waals surface area (Å²) in [5.74, 6) is 1.17. The third-order valence-corrected chi connectivity index (χ3v) is 6.29. The van der Waals surface area contributed by atoms with E-state index in [1.807, 2.05) is 32.0 Å². The molecule has 7 nitrogen and oxygen atoms in total. The second kappa shape index (κ2) is 9.29. The summed E-state index contributed by atoms with van der Waals surface area (Å²) in [7, 11) is 0. The maximum Gasteiger partial charge on any atom is 0.235 e. The average Bonchev–Trinajstić information content (AvgIpc) is 3.21. The summed E-state index contributed by atoms with van der Waals surface area (Å²) >= 11 is 2.90. The number of hydrogen-bond acceptors (Lipinski definition) is 6. The first kappa shape index (κ1) is 19.8. The Morgan fingerprint density at radius 2 is 2.00 bits per heavy atom. The van der Waals surface area contributed by atoms with Crippen LogP contribution in [-0.2, 0) is 11.2 Å². The fraction of sp³-hybridized carbons (Fsp3) is 0.444. The van der Waals surface area contributed by atoms with Crippen molar-refractivity contribution in [2.24, 2.45) is 0 Å². The van der Waals surface area contributed by atoms with E-state index in [0.717, 1.165) is 64.2 Å². The second-order valence-electron chi connectivity index (χ2n) is 6.45. The molecule has 0 aliphatic heterocycles. The van der Waals surface area contributed by atoms with Crippen molar-refractivity contribution in [1.82, 2.24) is 19.8 Å². The average molecular weight is 406 g/mol. The van der Waals surface area contributed by atoms with E-state index in [2.05, 4.69) is 26.3 Å². The molecule has 144 valence electrons. The predicted molar refractivity (Wildman–Crippen MR) is 109 cm³/mol. The minimum atomic E-state index is -0.0308. The van der Waals surface area contributed by atoms with E-state index in [1.54, 1.807) is 4.52 Å². The van der Waals surface area contributed by atoms with Gasteiger partial charge in [-0.1, -0.05) is 41.3 Å². The first-order valence-corrected chi connectivity index (χ1v) is 10.9. The van der Waals surface area contributed by atoms with Crippen LogP contribution in [0.3, 0.4) is 0 Å². The number of benzene rings is 1. The number of hydrogen-bond donors (Lipinski definition) is 2. The van der Waals surface area contributed by atoms with Crippen molar-refractivity contribution in [3.05, 3.63) is 35.2 Å². The van der Waals surface area contributed by atoms with Gasteiger partial charge in [-0.2, -0.15) is 4.52 Å². The number of nitrogens with zero attached hydrogens (tertiary/aromatic N) is 4. The van der Waals surface area contributed by atoms with E-state index in [4.69, 9.17) is 0 Å². The molecular formula is C18H25N6OS2+. The first-order valence-electron chi connectivity index (χ1n) is 9.07. The summed E-state index contributed by atoms with van der Waals surface area (Å²) in [4.78, 5) is 13.1. The van der Waals surface area contributed by atoms with Gasteiger partial charge in [0.2, 0.25) is 10.9 Å². The van der Waals surface area contributed by atoms with E-state index in [9.17, 15) is 4.79 Å². The number of carbonyl (C=O) groups excluding carboxylic acids is 1. The lowest BCUT2D eigenvalue weighted by Crippen LogP contribution is -2.50. The molecule has 2 aromatic heterocycles. The molecule has 1 amide bonds. The highest BCUT2D eigenvalue weighted by molar-refractivity contribution is 8.01. The highest BCUT2D eigenvalue weighted by atomic mass is 32.2. The lowest BCUT2D eigenvalue weighted by molar-refractivity contribution is -0.368. The van der Waals surface area contributed by atoms with E-state index in [-0.39, 0.29) is 5.91 Å². The van der Waals surface area contributed by atoms with Crippen LogP contribution in [0.4, 0.5) is 5.69 Å². The Morgan fingerprint density at radius 3 is 2.74 bits per heavy atom. The molecule has 0 fully saturated rings. The molecule has 3 rings (SSSR count). The van der Waals surface area contributed by atoms with Gasteiger partial charge in [-0.3, -0.25) is 4.79 Å². The zero-order valence-corrected chi connectivity index (χ0v) is 17.3. The number of amides is 1. The number of anilines is 1. The van der Waals surface area contributed by atoms with Gasteiger partial charge in [-0.25, -0.2) is 0 Å². The summed E-state index contributed by atoms with van der Waals surface area (Å²) in [6.45, 7) is 4.96. The smallest absolute Gasteiger partial charge is 0.235 e. The molecule has 0 aliphatic rings. The summed E-state index contributed by atoms with van der Waals surface area (Å²) in [5, 5.41) is 16.0. The standard InChI is InChI=1S/C18H24N6OS2/c1-12-7-6-8-13(2)16(12)20-15(25)11-26-18-23-24-14(9-4-3-5-10-19)21-22-17(24)27-18/h6-8H,3-5,9-11,19H2,1-2H3,(H,20,25)/p+1. The topological polar surface area (TPSA) is 99.8 Å². The van der Waals surface area contributed by atoms with Crippen LogP contribution in [0.25, 0.3) is 4.96 Å². The van der Waals surface area contributed by atoms with Crippen LogP contribution in [0.1, 0.15) is 36.2 Å². The predicted octanol–water partition coefficient (Wildman–Crippen LogP) is 2.49. The van der Waals surface area contributed by atoms with Gasteiger partial charge in [0, 0.05) is 12.1 Å². The Labute approximate surface area is 166 Å². The molecule has 0 bridgehead atoms. The maximum atomic E-state index is 12.3. The van der Waals surface area contributed by atoms with E-state index in [0.29, 0.717) is 5.75 Å². The number of quaternary nitrogens is 1. The zero-order valence-electron chi connectivity index (χ0n) is 15.7. The molecule has 3 aromatic rings. The van der Waals surface area contributed by atoms with Gasteiger partial charge >= 0.3 is 0 Å². The third-order valence-electron chi connectivity index (χ3n) is 4.26. The summed E-state index contributed by atoms with van der Waals surface area (Å²) < 4.78 is 2.64. The van der Waals surface area contributed by atoms with E-state index >= 15 is 0 Å². The van der Waals surface area contributed by atoms with Gasteiger partial charge in [0.1, 0.15) is 0 Å². The normalized spacial score (nSPS) is 11.2. The van der Waals surface area contributed by atoms with Crippen molar-refractivity contribution in [2.75, 3.05) is 17.6 Å². The van der Waals surface area contributed by atoms with Gasteiger partial charge in [-0.15, -0.1) is 15.3 Å². The minimum Gasteiger partial charge on any atom is -0.358 e. The molecule has 0 saturated carbocycles. The van der Waals surface area contributed by atoms with Crippen molar-refractivity contribution >= 4 is 39.7 Å². The largest absolute Gasteiger partial charge is 0.358 e.